The topological polar surface area (TPSA) is 32.3 Å². The highest BCUT2D eigenvalue weighted by Crippen LogP contribution is 2.32. The van der Waals surface area contributed by atoms with Crippen molar-refractivity contribution >= 4 is 29.9 Å². The molecule has 5 heteroatoms. The van der Waals surface area contributed by atoms with Crippen molar-refractivity contribution in [3.8, 4) is 0 Å². The van der Waals surface area contributed by atoms with E-state index in [1.165, 1.54) is 5.56 Å². The van der Waals surface area contributed by atoms with Crippen LogP contribution in [0.25, 0.3) is 0 Å². The van der Waals surface area contributed by atoms with Crippen molar-refractivity contribution in [2.45, 2.75) is 25.3 Å². The lowest BCUT2D eigenvalue weighted by Gasteiger charge is -2.25. The summed E-state index contributed by atoms with van der Waals surface area (Å²) in [5.74, 6) is 0.238. The lowest BCUT2D eigenvalue weighted by molar-refractivity contribution is -0.132. The predicted octanol–water partition coefficient (Wildman–Crippen LogP) is 3.03. The number of likely N-dealkylation sites (tertiary alicyclic amines) is 1. The molecule has 2 rings (SSSR count). The Kier molecular flexibility index (Phi) is 6.63. The Balaban J connectivity index is 0.00000180. The van der Waals surface area contributed by atoms with Crippen LogP contribution in [0.3, 0.4) is 0 Å². The van der Waals surface area contributed by atoms with Crippen molar-refractivity contribution < 1.29 is 4.79 Å². The first-order valence-corrected chi connectivity index (χ1v) is 6.79. The lowest BCUT2D eigenvalue weighted by atomic mass is 10.0. The minimum Gasteiger partial charge on any atom is -0.336 e. The molecule has 1 aromatic rings. The number of nitrogens with zero attached hydrogens (tertiary/aromatic N) is 1. The fourth-order valence-corrected chi connectivity index (χ4v) is 2.60. The number of carbonyl (C=O) groups is 1. The molecule has 0 radical (unpaired) electrons. The molecule has 1 amide bonds. The molecule has 0 spiro atoms. The highest BCUT2D eigenvalue weighted by atomic mass is 35.5. The van der Waals surface area contributed by atoms with E-state index in [0.717, 1.165) is 31.0 Å². The SMILES string of the molecule is CNCCC(=O)N1CCCC1c1ccc(Cl)cc1.Cl. The summed E-state index contributed by atoms with van der Waals surface area (Å²) in [5.41, 5.74) is 1.19. The quantitative estimate of drug-likeness (QED) is 0.927. The van der Waals surface area contributed by atoms with Gasteiger partial charge in [0.25, 0.3) is 0 Å². The molecule has 106 valence electrons. The summed E-state index contributed by atoms with van der Waals surface area (Å²) >= 11 is 5.90. The molecule has 1 atom stereocenters. The van der Waals surface area contributed by atoms with Gasteiger partial charge in [-0.2, -0.15) is 0 Å². The van der Waals surface area contributed by atoms with Crippen LogP contribution in [0.1, 0.15) is 30.9 Å². The Morgan fingerprint density at radius 1 is 1.42 bits per heavy atom. The van der Waals surface area contributed by atoms with Crippen LogP contribution < -0.4 is 5.32 Å². The second-order valence-electron chi connectivity index (χ2n) is 4.65. The highest BCUT2D eigenvalue weighted by molar-refractivity contribution is 6.30. The number of hydrogen-bond donors (Lipinski definition) is 1. The van der Waals surface area contributed by atoms with E-state index < -0.39 is 0 Å². The summed E-state index contributed by atoms with van der Waals surface area (Å²) < 4.78 is 0. The Morgan fingerprint density at radius 3 is 2.74 bits per heavy atom. The number of halogens is 2. The summed E-state index contributed by atoms with van der Waals surface area (Å²) in [6.07, 6.45) is 2.70. The van der Waals surface area contributed by atoms with Crippen LogP contribution in [-0.2, 0) is 4.79 Å². The zero-order chi connectivity index (χ0) is 13.0. The summed E-state index contributed by atoms with van der Waals surface area (Å²) in [4.78, 5) is 14.1. The van der Waals surface area contributed by atoms with E-state index in [4.69, 9.17) is 11.6 Å². The zero-order valence-electron chi connectivity index (χ0n) is 11.1. The maximum Gasteiger partial charge on any atom is 0.224 e. The van der Waals surface area contributed by atoms with Crippen molar-refractivity contribution in [1.29, 1.82) is 0 Å². The van der Waals surface area contributed by atoms with E-state index >= 15 is 0 Å². The van der Waals surface area contributed by atoms with Crippen LogP contribution >= 0.6 is 24.0 Å². The van der Waals surface area contributed by atoms with Crippen molar-refractivity contribution in [3.05, 3.63) is 34.9 Å². The minimum atomic E-state index is 0. The van der Waals surface area contributed by atoms with E-state index in [9.17, 15) is 4.79 Å². The summed E-state index contributed by atoms with van der Waals surface area (Å²) in [5, 5.41) is 3.76. The van der Waals surface area contributed by atoms with E-state index in [-0.39, 0.29) is 24.4 Å². The van der Waals surface area contributed by atoms with Crippen LogP contribution in [-0.4, -0.2) is 30.9 Å². The Labute approximate surface area is 125 Å². The smallest absolute Gasteiger partial charge is 0.224 e. The molecule has 0 aliphatic carbocycles. The van der Waals surface area contributed by atoms with E-state index in [1.807, 2.05) is 36.2 Å². The van der Waals surface area contributed by atoms with Crippen LogP contribution in [0, 0.1) is 0 Å². The number of nitrogens with one attached hydrogen (secondary N) is 1. The van der Waals surface area contributed by atoms with Crippen LogP contribution in [0.5, 0.6) is 0 Å². The largest absolute Gasteiger partial charge is 0.336 e. The first-order valence-electron chi connectivity index (χ1n) is 6.42. The van der Waals surface area contributed by atoms with Gasteiger partial charge in [0.15, 0.2) is 0 Å². The average Bonchev–Trinajstić information content (AvgIpc) is 2.86. The molecule has 1 aliphatic heterocycles. The molecule has 0 aromatic heterocycles. The Bertz CT molecular complexity index is 408. The van der Waals surface area contributed by atoms with Crippen LogP contribution in [0.15, 0.2) is 24.3 Å². The van der Waals surface area contributed by atoms with Gasteiger partial charge in [-0.05, 0) is 37.6 Å². The van der Waals surface area contributed by atoms with E-state index in [1.54, 1.807) is 0 Å². The second-order valence-corrected chi connectivity index (χ2v) is 5.09. The van der Waals surface area contributed by atoms with Gasteiger partial charge in [-0.15, -0.1) is 12.4 Å². The zero-order valence-corrected chi connectivity index (χ0v) is 12.6. The van der Waals surface area contributed by atoms with Crippen LogP contribution in [0.4, 0.5) is 0 Å². The van der Waals surface area contributed by atoms with Crippen molar-refractivity contribution in [2.75, 3.05) is 20.1 Å². The Hall–Kier alpha value is -0.770. The fourth-order valence-electron chi connectivity index (χ4n) is 2.47. The van der Waals surface area contributed by atoms with E-state index in [0.29, 0.717) is 6.42 Å². The predicted molar refractivity (Wildman–Crippen MR) is 80.9 cm³/mol. The Morgan fingerprint density at radius 2 is 2.11 bits per heavy atom. The highest BCUT2D eigenvalue weighted by Gasteiger charge is 2.29. The molecule has 1 aromatic carbocycles. The molecule has 1 aliphatic rings. The molecular weight excluding hydrogens is 283 g/mol. The summed E-state index contributed by atoms with van der Waals surface area (Å²) in [7, 11) is 1.87. The van der Waals surface area contributed by atoms with Gasteiger partial charge in [0.1, 0.15) is 0 Å². The molecule has 1 saturated heterocycles. The third kappa shape index (κ3) is 4.10. The van der Waals surface area contributed by atoms with Gasteiger partial charge in [-0.1, -0.05) is 23.7 Å². The fraction of sp³-hybridized carbons (Fsp3) is 0.500. The van der Waals surface area contributed by atoms with Crippen molar-refractivity contribution in [1.82, 2.24) is 10.2 Å². The first kappa shape index (κ1) is 16.3. The molecule has 0 saturated carbocycles. The summed E-state index contributed by atoms with van der Waals surface area (Å²) in [6.45, 7) is 1.61. The van der Waals surface area contributed by atoms with Crippen molar-refractivity contribution in [3.63, 3.8) is 0 Å². The average molecular weight is 303 g/mol. The maximum atomic E-state index is 12.1. The molecular formula is C14H20Cl2N2O. The molecule has 1 unspecified atom stereocenters. The molecule has 1 heterocycles. The standard InChI is InChI=1S/C14H19ClN2O.ClH/c1-16-9-8-14(18)17-10-2-3-13(17)11-4-6-12(15)7-5-11;/h4-7,13,16H,2-3,8-10H2,1H3;1H. The van der Waals surface area contributed by atoms with Gasteiger partial charge in [0.2, 0.25) is 5.91 Å². The van der Waals surface area contributed by atoms with Gasteiger partial charge in [-0.25, -0.2) is 0 Å². The van der Waals surface area contributed by atoms with Crippen LogP contribution in [0.2, 0.25) is 5.02 Å². The third-order valence-electron chi connectivity index (χ3n) is 3.42. The molecule has 3 nitrogen and oxygen atoms in total. The van der Waals surface area contributed by atoms with Crippen molar-refractivity contribution in [2.24, 2.45) is 0 Å². The monoisotopic (exact) mass is 302 g/mol. The third-order valence-corrected chi connectivity index (χ3v) is 3.67. The minimum absolute atomic E-state index is 0. The van der Waals surface area contributed by atoms with Gasteiger partial charge in [-0.3, -0.25) is 4.79 Å². The van der Waals surface area contributed by atoms with Gasteiger partial charge in [0.05, 0.1) is 6.04 Å². The number of carbonyl (C=O) groups excluding carboxylic acids is 1. The van der Waals surface area contributed by atoms with Gasteiger partial charge >= 0.3 is 0 Å². The van der Waals surface area contributed by atoms with Gasteiger partial charge < -0.3 is 10.2 Å². The maximum absolute atomic E-state index is 12.1. The summed E-state index contributed by atoms with van der Waals surface area (Å²) in [6, 6.07) is 8.07. The van der Waals surface area contributed by atoms with Gasteiger partial charge in [0, 0.05) is 24.5 Å². The normalized spacial score (nSPS) is 18.2. The number of hydrogen-bond acceptors (Lipinski definition) is 2. The molecule has 1 N–H and O–H groups in total. The second kappa shape index (κ2) is 7.73. The lowest BCUT2D eigenvalue weighted by Crippen LogP contribution is -2.32. The number of amides is 1. The van der Waals surface area contributed by atoms with E-state index in [2.05, 4.69) is 5.32 Å². The molecule has 1 fully saturated rings. The molecule has 19 heavy (non-hydrogen) atoms. The number of rotatable bonds is 4. The number of benzene rings is 1. The molecule has 0 bridgehead atoms. The first-order chi connectivity index (χ1) is 8.72.